The molecule has 0 bridgehead atoms. The summed E-state index contributed by atoms with van der Waals surface area (Å²) >= 11 is 0. The van der Waals surface area contributed by atoms with Crippen molar-refractivity contribution in [2.24, 2.45) is 0 Å². The molecule has 11 rings (SSSR count). The third-order valence-corrected chi connectivity index (χ3v) is 13.9. The second-order valence-electron chi connectivity index (χ2n) is 18.1. The zero-order valence-electron chi connectivity index (χ0n) is 34.2. The lowest BCUT2D eigenvalue weighted by Gasteiger charge is -2.32. The molecule has 0 atom stereocenters. The van der Waals surface area contributed by atoms with Gasteiger partial charge in [-0.2, -0.15) is 0 Å². The molecule has 58 heavy (non-hydrogen) atoms. The molecule has 280 valence electrons. The molecule has 1 nitrogen and oxygen atoms in total. The van der Waals surface area contributed by atoms with Gasteiger partial charge >= 0.3 is 0 Å². The van der Waals surface area contributed by atoms with Crippen molar-refractivity contribution in [3.05, 3.63) is 209 Å². The maximum absolute atomic E-state index is 2.58. The second kappa shape index (κ2) is 12.3. The van der Waals surface area contributed by atoms with Gasteiger partial charge in [-0.3, -0.25) is 0 Å². The molecule has 0 unspecified atom stereocenters. The highest BCUT2D eigenvalue weighted by molar-refractivity contribution is 6.03. The van der Waals surface area contributed by atoms with E-state index in [1.165, 1.54) is 94.7 Å². The van der Waals surface area contributed by atoms with Crippen molar-refractivity contribution in [2.75, 3.05) is 4.90 Å². The Balaban J connectivity index is 1.20. The van der Waals surface area contributed by atoms with Crippen molar-refractivity contribution >= 4 is 17.1 Å². The summed E-state index contributed by atoms with van der Waals surface area (Å²) in [4.78, 5) is 2.58. The molecule has 0 amide bonds. The molecule has 1 heteroatoms. The lowest BCUT2D eigenvalue weighted by Crippen LogP contribution is -2.17. The van der Waals surface area contributed by atoms with E-state index in [9.17, 15) is 0 Å². The molecule has 0 aliphatic heterocycles. The number of rotatable bonds is 5. The van der Waals surface area contributed by atoms with Crippen LogP contribution in [0.25, 0.3) is 55.6 Å². The van der Waals surface area contributed by atoms with Gasteiger partial charge in [0.25, 0.3) is 0 Å². The average Bonchev–Trinajstić information content (AvgIpc) is 3.74. The molecule has 8 aromatic rings. The fraction of sp³-hybridized carbons (Fsp3) is 0.158. The van der Waals surface area contributed by atoms with Crippen LogP contribution in [0.15, 0.2) is 176 Å². The van der Waals surface area contributed by atoms with Gasteiger partial charge < -0.3 is 4.90 Å². The molecule has 0 aromatic heterocycles. The van der Waals surface area contributed by atoms with Crippen LogP contribution < -0.4 is 4.90 Å². The topological polar surface area (TPSA) is 3.24 Å². The number of fused-ring (bicyclic) bond motifs is 9. The first-order valence-electron chi connectivity index (χ1n) is 20.8. The van der Waals surface area contributed by atoms with Crippen molar-refractivity contribution < 1.29 is 0 Å². The zero-order valence-corrected chi connectivity index (χ0v) is 34.2. The molecule has 0 saturated carbocycles. The van der Waals surface area contributed by atoms with Gasteiger partial charge in [0.05, 0.1) is 17.1 Å². The third-order valence-electron chi connectivity index (χ3n) is 13.9. The van der Waals surface area contributed by atoms with Crippen molar-refractivity contribution in [1.82, 2.24) is 0 Å². The molecule has 8 aromatic carbocycles. The number of nitrogens with zero attached hydrogens (tertiary/aromatic N) is 1. The van der Waals surface area contributed by atoms with Crippen LogP contribution in [0.2, 0.25) is 0 Å². The molecule has 0 N–H and O–H groups in total. The SMILES string of the molecule is CC1(C)c2ccccc2-c2cc(-c3ccccc3N(c3ccccc3-c3cccc4c3-c3ccccc3C4(C)C)c3cccc4c3-c3ccccc3C4(C)C)ccc21. The van der Waals surface area contributed by atoms with Crippen LogP contribution in [0.1, 0.15) is 74.9 Å². The molecule has 0 heterocycles. The normalized spacial score (nSPS) is 15.5. The standard InChI is InChI=1S/C57H47N/c1-55(2)44-25-12-7-20-38(44)43-35-36(33-34-47(43)55)37-19-10-15-30-50(37)58(52-32-18-29-49-54(52)42-23-9-14-27-46(42)57(49,5)6)51-31-16-11-21-39(51)40-24-17-28-48-53(40)41-22-8-13-26-45(41)56(48,3)4/h7-35H,1-6H3. The van der Waals surface area contributed by atoms with Crippen LogP contribution >= 0.6 is 0 Å². The summed E-state index contributed by atoms with van der Waals surface area (Å²) in [5, 5.41) is 0. The monoisotopic (exact) mass is 745 g/mol. The minimum atomic E-state index is -0.137. The first-order valence-corrected chi connectivity index (χ1v) is 20.8. The summed E-state index contributed by atoms with van der Waals surface area (Å²) in [6, 6.07) is 66.2. The molecule has 0 spiro atoms. The quantitative estimate of drug-likeness (QED) is 0.170. The summed E-state index contributed by atoms with van der Waals surface area (Å²) in [5.74, 6) is 0. The van der Waals surface area contributed by atoms with Crippen LogP contribution in [0.3, 0.4) is 0 Å². The van der Waals surface area contributed by atoms with E-state index in [4.69, 9.17) is 0 Å². The molecule has 0 saturated heterocycles. The number of hydrogen-bond acceptors (Lipinski definition) is 1. The van der Waals surface area contributed by atoms with Crippen molar-refractivity contribution in [3.8, 4) is 55.6 Å². The highest BCUT2D eigenvalue weighted by Gasteiger charge is 2.40. The predicted molar refractivity (Wildman–Crippen MR) is 245 cm³/mol. The van der Waals surface area contributed by atoms with E-state index in [1.54, 1.807) is 0 Å². The molecule has 3 aliphatic carbocycles. The van der Waals surface area contributed by atoms with Crippen molar-refractivity contribution in [3.63, 3.8) is 0 Å². The predicted octanol–water partition coefficient (Wildman–Crippen LogP) is 15.4. The number of hydrogen-bond donors (Lipinski definition) is 0. The van der Waals surface area contributed by atoms with Gasteiger partial charge in [0.2, 0.25) is 0 Å². The first kappa shape index (κ1) is 34.8. The largest absolute Gasteiger partial charge is 0.309 e. The fourth-order valence-electron chi connectivity index (χ4n) is 11.0. The average molecular weight is 746 g/mol. The van der Waals surface area contributed by atoms with Crippen LogP contribution in [0, 0.1) is 0 Å². The van der Waals surface area contributed by atoms with E-state index in [0.29, 0.717) is 0 Å². The summed E-state index contributed by atoms with van der Waals surface area (Å²) in [6.07, 6.45) is 0. The van der Waals surface area contributed by atoms with Crippen LogP contribution in [0.4, 0.5) is 17.1 Å². The van der Waals surface area contributed by atoms with E-state index >= 15 is 0 Å². The van der Waals surface area contributed by atoms with Gasteiger partial charge in [-0.15, -0.1) is 0 Å². The summed E-state index contributed by atoms with van der Waals surface area (Å²) in [6.45, 7) is 14.2. The number of para-hydroxylation sites is 2. The summed E-state index contributed by atoms with van der Waals surface area (Å²) < 4.78 is 0. The highest BCUT2D eigenvalue weighted by Crippen LogP contribution is 2.58. The van der Waals surface area contributed by atoms with E-state index in [2.05, 4.69) is 222 Å². The Hall–Kier alpha value is -6.44. The Morgan fingerprint density at radius 3 is 1.33 bits per heavy atom. The minimum Gasteiger partial charge on any atom is -0.309 e. The van der Waals surface area contributed by atoms with Crippen molar-refractivity contribution in [2.45, 2.75) is 57.8 Å². The van der Waals surface area contributed by atoms with E-state index in [0.717, 1.165) is 11.4 Å². The summed E-state index contributed by atoms with van der Waals surface area (Å²) in [7, 11) is 0. The van der Waals surface area contributed by atoms with Gasteiger partial charge in [0.1, 0.15) is 0 Å². The third kappa shape index (κ3) is 4.71. The number of anilines is 3. The maximum Gasteiger partial charge on any atom is 0.0543 e. The molecule has 0 fully saturated rings. The van der Waals surface area contributed by atoms with Gasteiger partial charge in [-0.1, -0.05) is 193 Å². The lowest BCUT2D eigenvalue weighted by molar-refractivity contribution is 0.660. The fourth-order valence-corrected chi connectivity index (χ4v) is 11.0. The maximum atomic E-state index is 2.58. The first-order chi connectivity index (χ1) is 28.1. The Bertz CT molecular complexity index is 2990. The van der Waals surface area contributed by atoms with Crippen LogP contribution in [0.5, 0.6) is 0 Å². The Morgan fingerprint density at radius 2 is 0.672 bits per heavy atom. The van der Waals surface area contributed by atoms with E-state index in [1.807, 2.05) is 0 Å². The van der Waals surface area contributed by atoms with Gasteiger partial charge in [0, 0.05) is 32.9 Å². The van der Waals surface area contributed by atoms with Gasteiger partial charge in [-0.05, 0) is 96.6 Å². The Kier molecular flexibility index (Phi) is 7.36. The van der Waals surface area contributed by atoms with E-state index in [-0.39, 0.29) is 16.2 Å². The molecular formula is C57H47N. The molecular weight excluding hydrogens is 699 g/mol. The van der Waals surface area contributed by atoms with E-state index < -0.39 is 0 Å². The Labute approximate surface area is 343 Å². The van der Waals surface area contributed by atoms with Crippen LogP contribution in [-0.2, 0) is 16.2 Å². The zero-order chi connectivity index (χ0) is 39.6. The lowest BCUT2D eigenvalue weighted by atomic mass is 9.82. The molecule has 3 aliphatic rings. The minimum absolute atomic E-state index is 0.0527. The van der Waals surface area contributed by atoms with Crippen molar-refractivity contribution in [1.29, 1.82) is 0 Å². The Morgan fingerprint density at radius 1 is 0.276 bits per heavy atom. The second-order valence-corrected chi connectivity index (χ2v) is 18.1. The summed E-state index contributed by atoms with van der Waals surface area (Å²) in [5.41, 5.74) is 24.4. The highest BCUT2D eigenvalue weighted by atomic mass is 15.2. The molecule has 0 radical (unpaired) electrons. The smallest absolute Gasteiger partial charge is 0.0543 e. The number of benzene rings is 8. The van der Waals surface area contributed by atoms with Gasteiger partial charge in [0.15, 0.2) is 0 Å². The van der Waals surface area contributed by atoms with Crippen LogP contribution in [-0.4, -0.2) is 0 Å². The van der Waals surface area contributed by atoms with Gasteiger partial charge in [-0.25, -0.2) is 0 Å².